The van der Waals surface area contributed by atoms with Crippen molar-refractivity contribution in [1.29, 1.82) is 0 Å². The smallest absolute Gasteiger partial charge is 0.272 e. The Bertz CT molecular complexity index is 971. The molecule has 3 rings (SSSR count). The summed E-state index contributed by atoms with van der Waals surface area (Å²) in [6, 6.07) is 10.5. The molecule has 0 aliphatic carbocycles. The third-order valence-electron chi connectivity index (χ3n) is 4.13. The number of nitrogens with zero attached hydrogens (tertiary/aromatic N) is 1. The van der Waals surface area contributed by atoms with Gasteiger partial charge in [-0.25, -0.2) is 9.29 Å². The van der Waals surface area contributed by atoms with Gasteiger partial charge in [0.2, 0.25) is 0 Å². The number of benzene rings is 2. The van der Waals surface area contributed by atoms with Crippen molar-refractivity contribution in [3.05, 3.63) is 58.8 Å². The zero-order valence-electron chi connectivity index (χ0n) is 16.0. The van der Waals surface area contributed by atoms with Crippen molar-refractivity contribution < 1.29 is 23.5 Å². The number of carbonyl (C=O) groups is 2. The monoisotopic (exact) mass is 401 g/mol. The van der Waals surface area contributed by atoms with Crippen LogP contribution in [0.3, 0.4) is 0 Å². The Morgan fingerprint density at radius 3 is 2.29 bits per heavy atom. The minimum Gasteiger partial charge on any atom is -0.493 e. The Kier molecular flexibility index (Phi) is 5.74. The minimum atomic E-state index is -0.518. The van der Waals surface area contributed by atoms with E-state index in [1.165, 1.54) is 50.2 Å². The van der Waals surface area contributed by atoms with E-state index in [0.29, 0.717) is 22.0 Å². The predicted octanol–water partition coefficient (Wildman–Crippen LogP) is 4.27. The van der Waals surface area contributed by atoms with Gasteiger partial charge in [0.15, 0.2) is 11.5 Å². The number of anilines is 1. The number of rotatable bonds is 6. The molecule has 0 unspecified atom stereocenters. The van der Waals surface area contributed by atoms with Crippen molar-refractivity contribution >= 4 is 34.8 Å². The number of hydrogen-bond donors (Lipinski definition) is 0. The molecule has 0 fully saturated rings. The molecule has 0 saturated heterocycles. The van der Waals surface area contributed by atoms with Gasteiger partial charge >= 0.3 is 0 Å². The highest BCUT2D eigenvalue weighted by molar-refractivity contribution is 8.04. The van der Waals surface area contributed by atoms with E-state index in [1.54, 1.807) is 18.2 Å². The molecular weight excluding hydrogens is 381 g/mol. The standard InChI is InChI=1S/C21H20FNO4S/c1-12(2)28-19-18(13-8-9-16(26-3)17(10-13)27-4)20(24)23(21(19)25)15-7-5-6-14(22)11-15/h5-12H,1-4H3. The van der Waals surface area contributed by atoms with Crippen LogP contribution in [0.2, 0.25) is 0 Å². The summed E-state index contributed by atoms with van der Waals surface area (Å²) in [5.41, 5.74) is 1.01. The molecule has 0 N–H and O–H groups in total. The van der Waals surface area contributed by atoms with Crippen LogP contribution >= 0.6 is 11.8 Å². The van der Waals surface area contributed by atoms with Crippen LogP contribution < -0.4 is 14.4 Å². The summed E-state index contributed by atoms with van der Waals surface area (Å²) in [4.78, 5) is 27.6. The molecule has 7 heteroatoms. The highest BCUT2D eigenvalue weighted by Crippen LogP contribution is 2.41. The molecule has 0 atom stereocenters. The molecule has 1 aliphatic heterocycles. The summed E-state index contributed by atoms with van der Waals surface area (Å²) in [5.74, 6) is -0.504. The number of hydrogen-bond acceptors (Lipinski definition) is 5. The molecule has 0 radical (unpaired) electrons. The van der Waals surface area contributed by atoms with Crippen LogP contribution in [0.1, 0.15) is 19.4 Å². The fraction of sp³-hybridized carbons (Fsp3) is 0.238. The molecule has 5 nitrogen and oxygen atoms in total. The summed E-state index contributed by atoms with van der Waals surface area (Å²) < 4.78 is 24.3. The van der Waals surface area contributed by atoms with E-state index in [0.717, 1.165) is 4.90 Å². The second-order valence-electron chi connectivity index (χ2n) is 6.37. The van der Waals surface area contributed by atoms with Gasteiger partial charge in [0.1, 0.15) is 5.82 Å². The van der Waals surface area contributed by atoms with Crippen LogP contribution in [0.15, 0.2) is 47.4 Å². The topological polar surface area (TPSA) is 55.8 Å². The molecule has 0 aromatic heterocycles. The Morgan fingerprint density at radius 1 is 0.964 bits per heavy atom. The average molecular weight is 401 g/mol. The van der Waals surface area contributed by atoms with E-state index >= 15 is 0 Å². The summed E-state index contributed by atoms with van der Waals surface area (Å²) in [7, 11) is 3.02. The predicted molar refractivity (Wildman–Crippen MR) is 108 cm³/mol. The van der Waals surface area contributed by atoms with Crippen LogP contribution in [0.4, 0.5) is 10.1 Å². The van der Waals surface area contributed by atoms with Gasteiger partial charge in [0.05, 0.1) is 30.4 Å². The van der Waals surface area contributed by atoms with Gasteiger partial charge in [-0.15, -0.1) is 11.8 Å². The normalized spacial score (nSPS) is 14.3. The van der Waals surface area contributed by atoms with Crippen molar-refractivity contribution in [2.45, 2.75) is 19.1 Å². The first-order valence-electron chi connectivity index (χ1n) is 8.65. The minimum absolute atomic E-state index is 0.0781. The molecule has 28 heavy (non-hydrogen) atoms. The molecule has 2 aromatic rings. The fourth-order valence-corrected chi connectivity index (χ4v) is 3.94. The summed E-state index contributed by atoms with van der Waals surface area (Å²) in [6.45, 7) is 3.87. The number of ether oxygens (including phenoxy) is 2. The second-order valence-corrected chi connectivity index (χ2v) is 7.95. The van der Waals surface area contributed by atoms with Gasteiger partial charge in [0.25, 0.3) is 11.8 Å². The molecule has 1 aliphatic rings. The third-order valence-corrected chi connectivity index (χ3v) is 5.22. The van der Waals surface area contributed by atoms with Gasteiger partial charge < -0.3 is 9.47 Å². The summed E-state index contributed by atoms with van der Waals surface area (Å²) in [6.07, 6.45) is 0. The highest BCUT2D eigenvalue weighted by Gasteiger charge is 2.40. The lowest BCUT2D eigenvalue weighted by molar-refractivity contribution is -0.119. The average Bonchev–Trinajstić information content (AvgIpc) is 2.90. The van der Waals surface area contributed by atoms with Crippen molar-refractivity contribution in [2.24, 2.45) is 0 Å². The molecule has 146 valence electrons. The van der Waals surface area contributed by atoms with Crippen LogP contribution in [0.25, 0.3) is 5.57 Å². The number of carbonyl (C=O) groups excluding carboxylic acids is 2. The van der Waals surface area contributed by atoms with E-state index in [9.17, 15) is 14.0 Å². The lowest BCUT2D eigenvalue weighted by Crippen LogP contribution is -2.31. The maximum absolute atomic E-state index is 13.7. The van der Waals surface area contributed by atoms with Gasteiger partial charge in [-0.3, -0.25) is 9.59 Å². The van der Waals surface area contributed by atoms with E-state index in [1.807, 2.05) is 13.8 Å². The molecule has 0 spiro atoms. The van der Waals surface area contributed by atoms with E-state index < -0.39 is 17.6 Å². The third kappa shape index (κ3) is 3.62. The Labute approximate surface area is 167 Å². The van der Waals surface area contributed by atoms with Crippen molar-refractivity contribution in [3.63, 3.8) is 0 Å². The first-order chi connectivity index (χ1) is 13.4. The van der Waals surface area contributed by atoms with Crippen LogP contribution in [-0.4, -0.2) is 31.3 Å². The Hall–Kier alpha value is -2.80. The largest absolute Gasteiger partial charge is 0.493 e. The summed E-state index contributed by atoms with van der Waals surface area (Å²) in [5, 5.41) is 0.0781. The Balaban J connectivity index is 2.13. The van der Waals surface area contributed by atoms with Gasteiger partial charge in [-0.1, -0.05) is 26.0 Å². The maximum Gasteiger partial charge on any atom is 0.272 e. The first kappa shape index (κ1) is 19.9. The number of thioether (sulfide) groups is 1. The van der Waals surface area contributed by atoms with Crippen molar-refractivity contribution in [1.82, 2.24) is 0 Å². The van der Waals surface area contributed by atoms with E-state index in [-0.39, 0.29) is 16.5 Å². The SMILES string of the molecule is COc1ccc(C2=C(SC(C)C)C(=O)N(c3cccc(F)c3)C2=O)cc1OC. The lowest BCUT2D eigenvalue weighted by Gasteiger charge is -2.15. The van der Waals surface area contributed by atoms with Crippen LogP contribution in [-0.2, 0) is 9.59 Å². The molecule has 0 saturated carbocycles. The van der Waals surface area contributed by atoms with Gasteiger partial charge in [-0.05, 0) is 35.9 Å². The number of halogens is 1. The van der Waals surface area contributed by atoms with Crippen molar-refractivity contribution in [3.8, 4) is 11.5 Å². The summed E-state index contributed by atoms with van der Waals surface area (Å²) >= 11 is 1.30. The molecule has 2 aromatic carbocycles. The van der Waals surface area contributed by atoms with Crippen LogP contribution in [0.5, 0.6) is 11.5 Å². The van der Waals surface area contributed by atoms with Gasteiger partial charge in [-0.2, -0.15) is 0 Å². The number of imide groups is 1. The highest BCUT2D eigenvalue weighted by atomic mass is 32.2. The Morgan fingerprint density at radius 2 is 1.68 bits per heavy atom. The van der Waals surface area contributed by atoms with Crippen molar-refractivity contribution in [2.75, 3.05) is 19.1 Å². The number of methoxy groups -OCH3 is 2. The lowest BCUT2D eigenvalue weighted by atomic mass is 10.1. The van der Waals surface area contributed by atoms with Crippen LogP contribution in [0, 0.1) is 5.82 Å². The van der Waals surface area contributed by atoms with Gasteiger partial charge in [0, 0.05) is 5.25 Å². The molecule has 2 amide bonds. The maximum atomic E-state index is 13.7. The fourth-order valence-electron chi connectivity index (χ4n) is 2.95. The molecule has 1 heterocycles. The second kappa shape index (κ2) is 8.06. The quantitative estimate of drug-likeness (QED) is 0.677. The zero-order chi connectivity index (χ0) is 20.4. The molecular formula is C21H20FNO4S. The zero-order valence-corrected chi connectivity index (χ0v) is 16.8. The molecule has 0 bridgehead atoms. The van der Waals surface area contributed by atoms with E-state index in [2.05, 4.69) is 0 Å². The van der Waals surface area contributed by atoms with E-state index in [4.69, 9.17) is 9.47 Å². The number of amides is 2. The first-order valence-corrected chi connectivity index (χ1v) is 9.53.